The molecule has 0 heterocycles. The molecule has 2 amide bonds. The van der Waals surface area contributed by atoms with E-state index >= 15 is 0 Å². The number of amides is 2. The zero-order valence-corrected chi connectivity index (χ0v) is 11.0. The van der Waals surface area contributed by atoms with Crippen molar-refractivity contribution in [3.8, 4) is 0 Å². The van der Waals surface area contributed by atoms with Gasteiger partial charge >= 0.3 is 5.97 Å². The Labute approximate surface area is 115 Å². The first-order chi connectivity index (χ1) is 9.54. The van der Waals surface area contributed by atoms with Crippen molar-refractivity contribution < 1.29 is 24.2 Å². The van der Waals surface area contributed by atoms with Crippen molar-refractivity contribution in [2.45, 2.75) is 6.04 Å². The van der Waals surface area contributed by atoms with Gasteiger partial charge in [0.05, 0.1) is 13.2 Å². The maximum Gasteiger partial charge on any atom is 0.328 e. The Balaban J connectivity index is 2.43. The highest BCUT2D eigenvalue weighted by Gasteiger charge is 2.19. The number of nitrogens with one attached hydrogen (secondary N) is 2. The van der Waals surface area contributed by atoms with Gasteiger partial charge in [-0.2, -0.15) is 0 Å². The van der Waals surface area contributed by atoms with E-state index in [-0.39, 0.29) is 13.2 Å². The molecule has 0 fully saturated rings. The maximum atomic E-state index is 11.7. The standard InChI is InChI=1S/C13H16N2O5/c1-20-8-10(13(18)19)15-11(16)7-14-12(17)9-5-3-2-4-6-9/h2-6,10H,7-8H2,1H3,(H,14,17)(H,15,16)(H,18,19). The molecule has 0 bridgehead atoms. The molecule has 0 aliphatic carbocycles. The number of benzene rings is 1. The van der Waals surface area contributed by atoms with Crippen LogP contribution in [0.2, 0.25) is 0 Å². The van der Waals surface area contributed by atoms with Gasteiger partial charge in [0.2, 0.25) is 5.91 Å². The summed E-state index contributed by atoms with van der Waals surface area (Å²) in [5.74, 6) is -2.20. The van der Waals surface area contributed by atoms with Crippen molar-refractivity contribution in [3.63, 3.8) is 0 Å². The number of carbonyl (C=O) groups excluding carboxylic acids is 2. The fraction of sp³-hybridized carbons (Fsp3) is 0.308. The van der Waals surface area contributed by atoms with Gasteiger partial charge in [-0.15, -0.1) is 0 Å². The molecular formula is C13H16N2O5. The molecular weight excluding hydrogens is 264 g/mol. The minimum absolute atomic E-state index is 0.145. The molecule has 0 aliphatic rings. The second-order valence-corrected chi connectivity index (χ2v) is 3.96. The Hall–Kier alpha value is -2.41. The number of aliphatic carboxylic acids is 1. The van der Waals surface area contributed by atoms with Gasteiger partial charge in [-0.3, -0.25) is 9.59 Å². The van der Waals surface area contributed by atoms with E-state index in [1.165, 1.54) is 7.11 Å². The third-order valence-electron chi connectivity index (χ3n) is 2.41. The molecule has 0 saturated carbocycles. The van der Waals surface area contributed by atoms with Crippen molar-refractivity contribution >= 4 is 17.8 Å². The zero-order valence-electron chi connectivity index (χ0n) is 11.0. The van der Waals surface area contributed by atoms with Crippen LogP contribution in [0.25, 0.3) is 0 Å². The van der Waals surface area contributed by atoms with Crippen LogP contribution in [0.1, 0.15) is 10.4 Å². The summed E-state index contributed by atoms with van der Waals surface area (Å²) >= 11 is 0. The molecule has 3 N–H and O–H groups in total. The average molecular weight is 280 g/mol. The first-order valence-corrected chi connectivity index (χ1v) is 5.89. The summed E-state index contributed by atoms with van der Waals surface area (Å²) in [6.07, 6.45) is 0. The van der Waals surface area contributed by atoms with Crippen LogP contribution >= 0.6 is 0 Å². The van der Waals surface area contributed by atoms with Crippen molar-refractivity contribution in [1.82, 2.24) is 10.6 Å². The fourth-order valence-electron chi connectivity index (χ4n) is 1.44. The first kappa shape index (κ1) is 15.6. The van der Waals surface area contributed by atoms with E-state index in [1.54, 1.807) is 30.3 Å². The predicted molar refractivity (Wildman–Crippen MR) is 70.2 cm³/mol. The maximum absolute atomic E-state index is 11.7. The van der Waals surface area contributed by atoms with E-state index in [9.17, 15) is 14.4 Å². The summed E-state index contributed by atoms with van der Waals surface area (Å²) in [7, 11) is 1.33. The lowest BCUT2D eigenvalue weighted by Crippen LogP contribution is -2.47. The Kier molecular flexibility index (Phi) is 6.18. The molecule has 0 radical (unpaired) electrons. The van der Waals surface area contributed by atoms with E-state index in [2.05, 4.69) is 15.4 Å². The topological polar surface area (TPSA) is 105 Å². The minimum Gasteiger partial charge on any atom is -0.480 e. The van der Waals surface area contributed by atoms with E-state index in [0.717, 1.165) is 0 Å². The predicted octanol–water partition coefficient (Wildman–Crippen LogP) is -0.368. The Morgan fingerprint density at radius 2 is 1.90 bits per heavy atom. The molecule has 1 rings (SSSR count). The molecule has 0 spiro atoms. The Bertz CT molecular complexity index is 475. The van der Waals surface area contributed by atoms with Gasteiger partial charge in [-0.25, -0.2) is 4.79 Å². The SMILES string of the molecule is COCC(NC(=O)CNC(=O)c1ccccc1)C(=O)O. The van der Waals surface area contributed by atoms with Crippen LogP contribution in [0.4, 0.5) is 0 Å². The van der Waals surface area contributed by atoms with Crippen LogP contribution in [-0.2, 0) is 14.3 Å². The van der Waals surface area contributed by atoms with Crippen LogP contribution in [-0.4, -0.2) is 49.2 Å². The zero-order chi connectivity index (χ0) is 15.0. The van der Waals surface area contributed by atoms with E-state index < -0.39 is 23.8 Å². The summed E-state index contributed by atoms with van der Waals surface area (Å²) in [4.78, 5) is 34.0. The van der Waals surface area contributed by atoms with Gasteiger partial charge in [0.15, 0.2) is 6.04 Å². The summed E-state index contributed by atoms with van der Waals surface area (Å²) in [5, 5.41) is 13.5. The lowest BCUT2D eigenvalue weighted by Gasteiger charge is -2.13. The lowest BCUT2D eigenvalue weighted by molar-refractivity contribution is -0.143. The van der Waals surface area contributed by atoms with Gasteiger partial charge in [-0.05, 0) is 12.1 Å². The number of carboxylic acids is 1. The number of carbonyl (C=O) groups is 3. The number of hydrogen-bond donors (Lipinski definition) is 3. The summed E-state index contributed by atoms with van der Waals surface area (Å²) < 4.78 is 4.68. The highest BCUT2D eigenvalue weighted by molar-refractivity contribution is 5.96. The number of methoxy groups -OCH3 is 1. The van der Waals surface area contributed by atoms with Crippen LogP contribution < -0.4 is 10.6 Å². The molecule has 1 aromatic rings. The molecule has 0 aliphatic heterocycles. The summed E-state index contributed by atoms with van der Waals surface area (Å²) in [6, 6.07) is 7.26. The van der Waals surface area contributed by atoms with Crippen LogP contribution in [0.15, 0.2) is 30.3 Å². The largest absolute Gasteiger partial charge is 0.480 e. The molecule has 1 unspecified atom stereocenters. The highest BCUT2D eigenvalue weighted by atomic mass is 16.5. The third kappa shape index (κ3) is 5.07. The minimum atomic E-state index is -1.20. The van der Waals surface area contributed by atoms with Crippen molar-refractivity contribution in [1.29, 1.82) is 0 Å². The van der Waals surface area contributed by atoms with E-state index in [1.807, 2.05) is 0 Å². The van der Waals surface area contributed by atoms with Crippen LogP contribution in [0.5, 0.6) is 0 Å². The van der Waals surface area contributed by atoms with Gasteiger partial charge < -0.3 is 20.5 Å². The van der Waals surface area contributed by atoms with E-state index in [4.69, 9.17) is 5.11 Å². The smallest absolute Gasteiger partial charge is 0.328 e. The molecule has 1 atom stereocenters. The normalized spacial score (nSPS) is 11.4. The van der Waals surface area contributed by atoms with Crippen molar-refractivity contribution in [2.24, 2.45) is 0 Å². The van der Waals surface area contributed by atoms with Gasteiger partial charge in [0.25, 0.3) is 5.91 Å². The molecule has 0 aromatic heterocycles. The second kappa shape index (κ2) is 7.90. The molecule has 0 saturated heterocycles. The van der Waals surface area contributed by atoms with Crippen molar-refractivity contribution in [3.05, 3.63) is 35.9 Å². The number of hydrogen-bond acceptors (Lipinski definition) is 4. The van der Waals surface area contributed by atoms with Crippen LogP contribution in [0, 0.1) is 0 Å². The molecule has 1 aromatic carbocycles. The second-order valence-electron chi connectivity index (χ2n) is 3.96. The lowest BCUT2D eigenvalue weighted by atomic mass is 10.2. The molecule has 7 heteroatoms. The van der Waals surface area contributed by atoms with Crippen LogP contribution in [0.3, 0.4) is 0 Å². The van der Waals surface area contributed by atoms with Gasteiger partial charge in [0, 0.05) is 12.7 Å². The number of rotatable bonds is 7. The molecule has 7 nitrogen and oxygen atoms in total. The quantitative estimate of drug-likeness (QED) is 0.632. The third-order valence-corrected chi connectivity index (χ3v) is 2.41. The Morgan fingerprint density at radius 3 is 2.45 bits per heavy atom. The number of ether oxygens (including phenoxy) is 1. The van der Waals surface area contributed by atoms with E-state index in [0.29, 0.717) is 5.56 Å². The summed E-state index contributed by atoms with van der Waals surface area (Å²) in [6.45, 7) is -0.449. The monoisotopic (exact) mass is 280 g/mol. The van der Waals surface area contributed by atoms with Gasteiger partial charge in [0.1, 0.15) is 0 Å². The fourth-order valence-corrected chi connectivity index (χ4v) is 1.44. The summed E-state index contributed by atoms with van der Waals surface area (Å²) in [5.41, 5.74) is 0.423. The Morgan fingerprint density at radius 1 is 1.25 bits per heavy atom. The van der Waals surface area contributed by atoms with Crippen molar-refractivity contribution in [2.75, 3.05) is 20.3 Å². The van der Waals surface area contributed by atoms with Gasteiger partial charge in [-0.1, -0.05) is 18.2 Å². The number of carboxylic acid groups (broad SMARTS) is 1. The molecule has 108 valence electrons. The highest BCUT2D eigenvalue weighted by Crippen LogP contribution is 1.97. The molecule has 20 heavy (non-hydrogen) atoms. The first-order valence-electron chi connectivity index (χ1n) is 5.89. The average Bonchev–Trinajstić information content (AvgIpc) is 2.45.